The van der Waals surface area contributed by atoms with Crippen LogP contribution in [0.1, 0.15) is 24.0 Å². The Morgan fingerprint density at radius 1 is 0.963 bits per heavy atom. The summed E-state index contributed by atoms with van der Waals surface area (Å²) in [6.07, 6.45) is 8.06. The van der Waals surface area contributed by atoms with E-state index in [1.165, 1.54) is 11.1 Å². The van der Waals surface area contributed by atoms with Crippen LogP contribution in [0.5, 0.6) is 5.75 Å². The van der Waals surface area contributed by atoms with Gasteiger partial charge in [0.25, 0.3) is 0 Å². The molecule has 0 aliphatic carbocycles. The van der Waals surface area contributed by atoms with Crippen molar-refractivity contribution >= 4 is 11.8 Å². The number of pyridine rings is 1. The number of nitrogens with zero attached hydrogens (tertiary/aromatic N) is 2. The number of hydrogen-bond acceptors (Lipinski definition) is 3. The highest BCUT2D eigenvalue weighted by atomic mass is 16.5. The lowest BCUT2D eigenvalue weighted by molar-refractivity contribution is 0.416. The first-order valence-electron chi connectivity index (χ1n) is 9.24. The molecule has 1 aliphatic rings. The standard InChI is InChI=1S/C24H22N2O/c1-27-23-12-3-2-11-22(23)19-8-4-7-18(15-19)16-20-9-6-14-26-24(20)21-10-5-13-25-17-21/h2-5,7-8,10-13,15-17H,6,9,14H2,1H3/b20-16-. The second-order valence-electron chi connectivity index (χ2n) is 6.57. The van der Waals surface area contributed by atoms with Crippen molar-refractivity contribution in [1.29, 1.82) is 0 Å². The maximum Gasteiger partial charge on any atom is 0.126 e. The lowest BCUT2D eigenvalue weighted by Gasteiger charge is -2.16. The summed E-state index contributed by atoms with van der Waals surface area (Å²) in [4.78, 5) is 9.03. The second kappa shape index (κ2) is 8.00. The van der Waals surface area contributed by atoms with Gasteiger partial charge in [-0.1, -0.05) is 36.4 Å². The van der Waals surface area contributed by atoms with Gasteiger partial charge >= 0.3 is 0 Å². The van der Waals surface area contributed by atoms with Crippen molar-refractivity contribution < 1.29 is 4.74 Å². The summed E-state index contributed by atoms with van der Waals surface area (Å²) >= 11 is 0. The molecule has 1 aliphatic heterocycles. The lowest BCUT2D eigenvalue weighted by atomic mass is 9.94. The second-order valence-corrected chi connectivity index (χ2v) is 6.57. The normalized spacial score (nSPS) is 15.4. The summed E-state index contributed by atoms with van der Waals surface area (Å²) in [6.45, 7) is 0.878. The van der Waals surface area contributed by atoms with Gasteiger partial charge < -0.3 is 4.74 Å². The Morgan fingerprint density at radius 3 is 2.70 bits per heavy atom. The molecule has 0 saturated carbocycles. The molecule has 3 heteroatoms. The average Bonchev–Trinajstić information content (AvgIpc) is 2.75. The topological polar surface area (TPSA) is 34.5 Å². The fourth-order valence-electron chi connectivity index (χ4n) is 3.48. The largest absolute Gasteiger partial charge is 0.496 e. The van der Waals surface area contributed by atoms with Crippen LogP contribution in [0, 0.1) is 0 Å². The molecule has 0 amide bonds. The Kier molecular flexibility index (Phi) is 5.10. The summed E-state index contributed by atoms with van der Waals surface area (Å²) in [7, 11) is 1.71. The van der Waals surface area contributed by atoms with Crippen LogP contribution in [0.4, 0.5) is 0 Å². The van der Waals surface area contributed by atoms with Crippen LogP contribution in [0.15, 0.2) is 83.6 Å². The third-order valence-electron chi connectivity index (χ3n) is 4.76. The molecule has 0 bridgehead atoms. The van der Waals surface area contributed by atoms with Crippen LogP contribution < -0.4 is 4.74 Å². The van der Waals surface area contributed by atoms with E-state index in [-0.39, 0.29) is 0 Å². The number of allylic oxidation sites excluding steroid dienone is 1. The number of aromatic nitrogens is 1. The SMILES string of the molecule is COc1ccccc1-c1cccc(/C=C2/CCCN=C2c2cccnc2)c1. The number of ether oxygens (including phenoxy) is 1. The van der Waals surface area contributed by atoms with Gasteiger partial charge in [0.05, 0.1) is 12.8 Å². The predicted molar refractivity (Wildman–Crippen MR) is 111 cm³/mol. The molecule has 134 valence electrons. The first kappa shape index (κ1) is 17.2. The highest BCUT2D eigenvalue weighted by Gasteiger charge is 2.14. The fraction of sp³-hybridized carbons (Fsp3) is 0.167. The van der Waals surface area contributed by atoms with Gasteiger partial charge in [-0.15, -0.1) is 0 Å². The lowest BCUT2D eigenvalue weighted by Crippen LogP contribution is -2.11. The molecule has 0 unspecified atom stereocenters. The molecule has 27 heavy (non-hydrogen) atoms. The third-order valence-corrected chi connectivity index (χ3v) is 4.76. The third kappa shape index (κ3) is 3.82. The number of para-hydroxylation sites is 1. The fourth-order valence-corrected chi connectivity index (χ4v) is 3.48. The van der Waals surface area contributed by atoms with Crippen molar-refractivity contribution in [2.45, 2.75) is 12.8 Å². The van der Waals surface area contributed by atoms with Crippen molar-refractivity contribution in [2.75, 3.05) is 13.7 Å². The van der Waals surface area contributed by atoms with Gasteiger partial charge in [-0.2, -0.15) is 0 Å². The highest BCUT2D eigenvalue weighted by molar-refractivity contribution is 6.15. The minimum absolute atomic E-state index is 0.878. The zero-order chi connectivity index (χ0) is 18.5. The quantitative estimate of drug-likeness (QED) is 0.626. The minimum Gasteiger partial charge on any atom is -0.496 e. The molecular weight excluding hydrogens is 332 g/mol. The Hall–Kier alpha value is -3.20. The minimum atomic E-state index is 0.878. The summed E-state index contributed by atoms with van der Waals surface area (Å²) < 4.78 is 5.52. The van der Waals surface area contributed by atoms with Crippen LogP contribution in [0.3, 0.4) is 0 Å². The smallest absolute Gasteiger partial charge is 0.126 e. The van der Waals surface area contributed by atoms with Crippen molar-refractivity contribution in [2.24, 2.45) is 4.99 Å². The van der Waals surface area contributed by atoms with Crippen molar-refractivity contribution in [1.82, 2.24) is 4.98 Å². The molecule has 3 aromatic rings. The van der Waals surface area contributed by atoms with E-state index in [4.69, 9.17) is 9.73 Å². The maximum absolute atomic E-state index is 5.52. The van der Waals surface area contributed by atoms with Gasteiger partial charge in [0, 0.05) is 30.1 Å². The molecule has 0 fully saturated rings. The van der Waals surface area contributed by atoms with Gasteiger partial charge in [0.1, 0.15) is 5.75 Å². The van der Waals surface area contributed by atoms with Crippen LogP contribution >= 0.6 is 0 Å². The molecule has 0 spiro atoms. The molecule has 0 atom stereocenters. The zero-order valence-corrected chi connectivity index (χ0v) is 15.4. The molecule has 4 rings (SSSR count). The van der Waals surface area contributed by atoms with Crippen LogP contribution in [0.2, 0.25) is 0 Å². The van der Waals surface area contributed by atoms with Crippen LogP contribution in [-0.4, -0.2) is 24.4 Å². The van der Waals surface area contributed by atoms with Crippen molar-refractivity contribution in [3.63, 3.8) is 0 Å². The van der Waals surface area contributed by atoms with E-state index in [1.54, 1.807) is 13.3 Å². The van der Waals surface area contributed by atoms with Gasteiger partial charge in [-0.05, 0) is 59.9 Å². The first-order chi connectivity index (χ1) is 13.3. The van der Waals surface area contributed by atoms with Crippen molar-refractivity contribution in [3.05, 3.63) is 89.8 Å². The Bertz CT molecular complexity index is 990. The molecular formula is C24H22N2O. The Morgan fingerprint density at radius 2 is 1.85 bits per heavy atom. The number of rotatable bonds is 4. The molecule has 0 N–H and O–H groups in total. The van der Waals surface area contributed by atoms with Gasteiger partial charge in [-0.3, -0.25) is 9.98 Å². The number of methoxy groups -OCH3 is 1. The number of benzene rings is 2. The molecule has 0 radical (unpaired) electrons. The van der Waals surface area contributed by atoms with E-state index < -0.39 is 0 Å². The van der Waals surface area contributed by atoms with Crippen LogP contribution in [0.25, 0.3) is 17.2 Å². The molecule has 0 saturated heterocycles. The average molecular weight is 354 g/mol. The monoisotopic (exact) mass is 354 g/mol. The van der Waals surface area contributed by atoms with E-state index in [0.29, 0.717) is 0 Å². The Balaban J connectivity index is 1.72. The number of hydrogen-bond donors (Lipinski definition) is 0. The maximum atomic E-state index is 5.52. The molecule has 3 nitrogen and oxygen atoms in total. The van der Waals surface area contributed by atoms with E-state index in [1.807, 2.05) is 30.5 Å². The van der Waals surface area contributed by atoms with Gasteiger partial charge in [0.2, 0.25) is 0 Å². The highest BCUT2D eigenvalue weighted by Crippen LogP contribution is 2.31. The first-order valence-corrected chi connectivity index (χ1v) is 9.24. The van der Waals surface area contributed by atoms with E-state index in [2.05, 4.69) is 47.5 Å². The number of aliphatic imine (C=N–C) groups is 1. The zero-order valence-electron chi connectivity index (χ0n) is 15.4. The van der Waals surface area contributed by atoms with Crippen molar-refractivity contribution in [3.8, 4) is 16.9 Å². The van der Waals surface area contributed by atoms with Gasteiger partial charge in [-0.25, -0.2) is 0 Å². The van der Waals surface area contributed by atoms with Gasteiger partial charge in [0.15, 0.2) is 0 Å². The summed E-state index contributed by atoms with van der Waals surface area (Å²) in [6, 6.07) is 20.7. The summed E-state index contributed by atoms with van der Waals surface area (Å²) in [5.74, 6) is 0.887. The summed E-state index contributed by atoms with van der Waals surface area (Å²) in [5, 5.41) is 0. The van der Waals surface area contributed by atoms with E-state index in [9.17, 15) is 0 Å². The molecule has 2 aromatic carbocycles. The van der Waals surface area contributed by atoms with Crippen LogP contribution in [-0.2, 0) is 0 Å². The summed E-state index contributed by atoms with van der Waals surface area (Å²) in [5.41, 5.74) is 6.85. The Labute approximate surface area is 160 Å². The molecule has 2 heterocycles. The predicted octanol–water partition coefficient (Wildman–Crippen LogP) is 5.42. The molecule has 1 aromatic heterocycles. The van der Waals surface area contributed by atoms with E-state index >= 15 is 0 Å². The van der Waals surface area contributed by atoms with E-state index in [0.717, 1.165) is 47.5 Å².